The average Bonchev–Trinajstić information content (AvgIpc) is 3.43. The second-order valence-corrected chi connectivity index (χ2v) is 10.9. The third kappa shape index (κ3) is 5.65. The molecule has 2 aromatic heterocycles. The van der Waals surface area contributed by atoms with Gasteiger partial charge in [0, 0.05) is 16.8 Å². The zero-order chi connectivity index (χ0) is 30.0. The van der Waals surface area contributed by atoms with Gasteiger partial charge in [-0.25, -0.2) is 14.6 Å². The number of ether oxygens (including phenoxy) is 2. The first-order valence-corrected chi connectivity index (χ1v) is 14.6. The van der Waals surface area contributed by atoms with Crippen molar-refractivity contribution in [2.45, 2.75) is 26.8 Å². The van der Waals surface area contributed by atoms with Crippen molar-refractivity contribution < 1.29 is 23.5 Å². The lowest BCUT2D eigenvalue weighted by Crippen LogP contribution is -2.39. The van der Waals surface area contributed by atoms with Gasteiger partial charge in [0.25, 0.3) is 5.56 Å². The minimum atomic E-state index is -0.758. The lowest BCUT2D eigenvalue weighted by Gasteiger charge is -2.24. The monoisotopic (exact) mass is 625 g/mol. The standard InChI is InChI=1S/C30H25Cl2N3O6S/c1-4-39-28(37)22-16(3)33-30-35(25(22)17-10-7-6-8-11-17)27(36)21(42-30)15-20-24(32)23(29(38)40-5-2)26(41-20)34-19-13-9-12-18(31)14-19/h6-15,25,34H,4-5H2,1-3H3/b21-15-/t25-/m1/s1. The molecule has 0 amide bonds. The molecule has 2 aromatic carbocycles. The molecule has 1 atom stereocenters. The molecule has 0 unspecified atom stereocenters. The highest BCUT2D eigenvalue weighted by Gasteiger charge is 2.33. The minimum absolute atomic E-state index is 0.0277. The first kappa shape index (κ1) is 29.4. The fourth-order valence-corrected chi connectivity index (χ4v) is 6.02. The van der Waals surface area contributed by atoms with Crippen molar-refractivity contribution >= 4 is 64.1 Å². The fourth-order valence-electron chi connectivity index (χ4n) is 4.55. The second-order valence-electron chi connectivity index (χ2n) is 9.05. The average molecular weight is 627 g/mol. The summed E-state index contributed by atoms with van der Waals surface area (Å²) >= 11 is 13.9. The van der Waals surface area contributed by atoms with E-state index in [4.69, 9.17) is 37.1 Å². The Bertz CT molecular complexity index is 1890. The van der Waals surface area contributed by atoms with Gasteiger partial charge in [-0.2, -0.15) is 0 Å². The number of anilines is 2. The predicted octanol–water partition coefficient (Wildman–Crippen LogP) is 5.62. The molecule has 12 heteroatoms. The van der Waals surface area contributed by atoms with Crippen LogP contribution in [0.2, 0.25) is 10.0 Å². The Kier molecular flexibility index (Phi) is 8.67. The maximum Gasteiger partial charge on any atom is 0.345 e. The number of furan rings is 1. The summed E-state index contributed by atoms with van der Waals surface area (Å²) in [5.74, 6) is -1.16. The SMILES string of the molecule is CCOC(=O)C1=C(C)N=c2s/c(=C\c3oc(Nc4cccc(Cl)c4)c(C(=O)OCC)c3Cl)c(=O)n2[C@@H]1c1ccccc1. The molecule has 4 aromatic rings. The normalized spacial score (nSPS) is 14.8. The van der Waals surface area contributed by atoms with Crippen molar-refractivity contribution in [2.24, 2.45) is 4.99 Å². The summed E-state index contributed by atoms with van der Waals surface area (Å²) in [7, 11) is 0. The summed E-state index contributed by atoms with van der Waals surface area (Å²) in [6.45, 7) is 5.39. The van der Waals surface area contributed by atoms with Crippen molar-refractivity contribution in [2.75, 3.05) is 18.5 Å². The van der Waals surface area contributed by atoms with Gasteiger partial charge in [0.15, 0.2) is 10.6 Å². The van der Waals surface area contributed by atoms with E-state index in [-0.39, 0.29) is 45.5 Å². The largest absolute Gasteiger partial charge is 0.463 e. The van der Waals surface area contributed by atoms with Gasteiger partial charge in [-0.05, 0) is 44.5 Å². The van der Waals surface area contributed by atoms with Gasteiger partial charge in [0.2, 0.25) is 5.88 Å². The molecule has 216 valence electrons. The molecule has 1 aliphatic heterocycles. The molecule has 0 bridgehead atoms. The molecule has 42 heavy (non-hydrogen) atoms. The van der Waals surface area contributed by atoms with E-state index < -0.39 is 23.5 Å². The Morgan fingerprint density at radius 1 is 1.07 bits per heavy atom. The fraction of sp³-hybridized carbons (Fsp3) is 0.200. The number of esters is 2. The quantitative estimate of drug-likeness (QED) is 0.253. The van der Waals surface area contributed by atoms with Crippen LogP contribution in [0, 0.1) is 0 Å². The van der Waals surface area contributed by atoms with Crippen LogP contribution in [0.15, 0.2) is 80.1 Å². The minimum Gasteiger partial charge on any atom is -0.463 e. The number of aromatic nitrogens is 1. The lowest BCUT2D eigenvalue weighted by atomic mass is 9.96. The van der Waals surface area contributed by atoms with Crippen molar-refractivity contribution in [3.05, 3.63) is 112 Å². The number of carbonyl (C=O) groups excluding carboxylic acids is 2. The Morgan fingerprint density at radius 3 is 2.48 bits per heavy atom. The number of nitrogens with one attached hydrogen (secondary N) is 1. The van der Waals surface area contributed by atoms with Gasteiger partial charge in [-0.3, -0.25) is 9.36 Å². The topological polar surface area (TPSA) is 112 Å². The highest BCUT2D eigenvalue weighted by atomic mass is 35.5. The van der Waals surface area contributed by atoms with E-state index in [1.165, 1.54) is 10.6 Å². The van der Waals surface area contributed by atoms with Crippen molar-refractivity contribution in [1.82, 2.24) is 4.57 Å². The van der Waals surface area contributed by atoms with Crippen LogP contribution in [0.1, 0.15) is 48.5 Å². The third-order valence-electron chi connectivity index (χ3n) is 6.33. The van der Waals surface area contributed by atoms with Crippen LogP contribution >= 0.6 is 34.5 Å². The number of allylic oxidation sites excluding steroid dienone is 1. The summed E-state index contributed by atoms with van der Waals surface area (Å²) in [5, 5.41) is 3.45. The molecule has 0 saturated carbocycles. The first-order valence-electron chi connectivity index (χ1n) is 13.0. The van der Waals surface area contributed by atoms with Crippen LogP contribution in [0.3, 0.4) is 0 Å². The summed E-state index contributed by atoms with van der Waals surface area (Å²) in [6, 6.07) is 15.3. The number of benzene rings is 2. The molecule has 3 heterocycles. The molecule has 0 fully saturated rings. The number of thiazole rings is 1. The maximum atomic E-state index is 13.9. The molecular formula is C30H25Cl2N3O6S. The van der Waals surface area contributed by atoms with Gasteiger partial charge < -0.3 is 19.2 Å². The second kappa shape index (κ2) is 12.4. The van der Waals surface area contributed by atoms with Gasteiger partial charge in [-0.1, -0.05) is 70.9 Å². The predicted molar refractivity (Wildman–Crippen MR) is 161 cm³/mol. The van der Waals surface area contributed by atoms with E-state index in [1.807, 2.05) is 30.3 Å². The van der Waals surface area contributed by atoms with Gasteiger partial charge in [-0.15, -0.1) is 0 Å². The number of rotatable bonds is 8. The number of carbonyl (C=O) groups is 2. The van der Waals surface area contributed by atoms with Crippen molar-refractivity contribution in [3.8, 4) is 0 Å². The third-order valence-corrected chi connectivity index (χ3v) is 7.92. The first-order chi connectivity index (χ1) is 20.2. The van der Waals surface area contributed by atoms with E-state index in [1.54, 1.807) is 45.0 Å². The molecule has 0 saturated heterocycles. The van der Waals surface area contributed by atoms with Crippen molar-refractivity contribution in [3.63, 3.8) is 0 Å². The van der Waals surface area contributed by atoms with E-state index >= 15 is 0 Å². The highest BCUT2D eigenvalue weighted by molar-refractivity contribution is 7.07. The van der Waals surface area contributed by atoms with Gasteiger partial charge >= 0.3 is 11.9 Å². The maximum absolute atomic E-state index is 13.9. The molecule has 5 rings (SSSR count). The Hall–Kier alpha value is -4.12. The zero-order valence-electron chi connectivity index (χ0n) is 22.8. The Morgan fingerprint density at radius 2 is 1.79 bits per heavy atom. The van der Waals surface area contributed by atoms with E-state index in [9.17, 15) is 14.4 Å². The molecule has 0 spiro atoms. The van der Waals surface area contributed by atoms with Crippen LogP contribution in [0.5, 0.6) is 0 Å². The number of halogens is 2. The molecule has 1 N–H and O–H groups in total. The van der Waals surface area contributed by atoms with Gasteiger partial charge in [0.1, 0.15) is 10.6 Å². The van der Waals surface area contributed by atoms with Crippen molar-refractivity contribution in [1.29, 1.82) is 0 Å². The highest BCUT2D eigenvalue weighted by Crippen LogP contribution is 2.35. The molecule has 0 radical (unpaired) electrons. The zero-order valence-corrected chi connectivity index (χ0v) is 25.1. The molecule has 1 aliphatic rings. The van der Waals surface area contributed by atoms with Gasteiger partial charge in [0.05, 0.1) is 35.1 Å². The van der Waals surface area contributed by atoms with Crippen LogP contribution in [-0.2, 0) is 14.3 Å². The van der Waals surface area contributed by atoms with E-state index in [0.717, 1.165) is 16.9 Å². The number of fused-ring (bicyclic) bond motifs is 1. The molecular weight excluding hydrogens is 601 g/mol. The molecule has 9 nitrogen and oxygen atoms in total. The number of hydrogen-bond donors (Lipinski definition) is 1. The summed E-state index contributed by atoms with van der Waals surface area (Å²) < 4.78 is 18.2. The van der Waals surface area contributed by atoms with Crippen LogP contribution < -0.4 is 20.2 Å². The van der Waals surface area contributed by atoms with Crippen LogP contribution in [-0.4, -0.2) is 29.7 Å². The lowest BCUT2D eigenvalue weighted by molar-refractivity contribution is -0.139. The number of hydrogen-bond acceptors (Lipinski definition) is 9. The Balaban J connectivity index is 1.67. The summed E-state index contributed by atoms with van der Waals surface area (Å²) in [4.78, 5) is 44.7. The van der Waals surface area contributed by atoms with E-state index in [2.05, 4.69) is 10.3 Å². The van der Waals surface area contributed by atoms with Crippen LogP contribution in [0.4, 0.5) is 11.6 Å². The summed E-state index contributed by atoms with van der Waals surface area (Å²) in [5.41, 5.74) is 1.54. The number of nitrogens with zero attached hydrogens (tertiary/aromatic N) is 2. The van der Waals surface area contributed by atoms with E-state index in [0.29, 0.717) is 21.2 Å². The van der Waals surface area contributed by atoms with Crippen LogP contribution in [0.25, 0.3) is 6.08 Å². The smallest absolute Gasteiger partial charge is 0.345 e. The molecule has 0 aliphatic carbocycles. The summed E-state index contributed by atoms with van der Waals surface area (Å²) in [6.07, 6.45) is 1.45. The Labute approximate surface area is 254 Å².